The van der Waals surface area contributed by atoms with E-state index >= 15 is 0 Å². The normalized spacial score (nSPS) is 20.4. The van der Waals surface area contributed by atoms with Crippen LogP contribution >= 0.6 is 0 Å². The number of amides is 1. The molecule has 1 fully saturated rings. The molecule has 1 atom stereocenters. The molecule has 1 amide bonds. The van der Waals surface area contributed by atoms with Gasteiger partial charge in [-0.25, -0.2) is 0 Å². The van der Waals surface area contributed by atoms with Gasteiger partial charge >= 0.3 is 0 Å². The summed E-state index contributed by atoms with van der Waals surface area (Å²) < 4.78 is 12.8. The highest BCUT2D eigenvalue weighted by Gasteiger charge is 2.36. The lowest BCUT2D eigenvalue weighted by atomic mass is 9.82. The molecule has 0 aliphatic carbocycles. The van der Waals surface area contributed by atoms with Crippen LogP contribution in [-0.4, -0.2) is 47.0 Å². The molecule has 6 nitrogen and oxygen atoms in total. The molecule has 1 aromatic carbocycles. The summed E-state index contributed by atoms with van der Waals surface area (Å²) in [5.74, 6) is 1.42. The molecule has 0 N–H and O–H groups in total. The number of carbonyl (C=O) groups is 1. The van der Waals surface area contributed by atoms with Crippen molar-refractivity contribution in [3.8, 4) is 5.75 Å². The molecule has 144 valence electrons. The number of hydrogen-bond acceptors (Lipinski definition) is 4. The van der Waals surface area contributed by atoms with Gasteiger partial charge in [0.1, 0.15) is 5.75 Å². The Kier molecular flexibility index (Phi) is 5.16. The fourth-order valence-corrected chi connectivity index (χ4v) is 4.27. The predicted octanol–water partition coefficient (Wildman–Crippen LogP) is 2.91. The molecule has 2 aromatic rings. The van der Waals surface area contributed by atoms with Crippen LogP contribution in [-0.2, 0) is 24.2 Å². The molecule has 2 aliphatic heterocycles. The van der Waals surface area contributed by atoms with Gasteiger partial charge in [-0.1, -0.05) is 6.07 Å². The maximum absolute atomic E-state index is 13.3. The Labute approximate surface area is 160 Å². The Balaban J connectivity index is 1.66. The topological polar surface area (TPSA) is 56.6 Å². The van der Waals surface area contributed by atoms with Gasteiger partial charge in [0, 0.05) is 38.5 Å². The summed E-state index contributed by atoms with van der Waals surface area (Å²) in [6.45, 7) is 4.98. The van der Waals surface area contributed by atoms with Gasteiger partial charge in [0.15, 0.2) is 0 Å². The molecule has 0 spiro atoms. The standard InChI is InChI=1S/C21H27N3O3/c1-3-23-13-18(12-22-23)21(25)24-14-16-4-5-19(26-2)10-17(16)11-20(24)15-6-8-27-9-7-15/h4-5,10,12-13,15,20H,3,6-9,11,14H2,1-2H3/t20-/m0/s1. The molecule has 6 heteroatoms. The van der Waals surface area contributed by atoms with Gasteiger partial charge in [0.25, 0.3) is 5.91 Å². The number of hydrogen-bond donors (Lipinski definition) is 0. The van der Waals surface area contributed by atoms with E-state index in [1.165, 1.54) is 11.1 Å². The Morgan fingerprint density at radius 1 is 1.30 bits per heavy atom. The van der Waals surface area contributed by atoms with E-state index in [9.17, 15) is 4.79 Å². The lowest BCUT2D eigenvalue weighted by molar-refractivity contribution is 0.0180. The molecule has 4 rings (SSSR count). The molecule has 2 aliphatic rings. The monoisotopic (exact) mass is 369 g/mol. The van der Waals surface area contributed by atoms with Crippen LogP contribution in [0.2, 0.25) is 0 Å². The Morgan fingerprint density at radius 2 is 2.11 bits per heavy atom. The van der Waals surface area contributed by atoms with Crippen molar-refractivity contribution in [2.45, 2.75) is 45.3 Å². The molecule has 27 heavy (non-hydrogen) atoms. The first-order valence-corrected chi connectivity index (χ1v) is 9.76. The van der Waals surface area contributed by atoms with Gasteiger partial charge in [-0.15, -0.1) is 0 Å². The van der Waals surface area contributed by atoms with Crippen molar-refractivity contribution >= 4 is 5.91 Å². The van der Waals surface area contributed by atoms with Crippen molar-refractivity contribution in [1.82, 2.24) is 14.7 Å². The fourth-order valence-electron chi connectivity index (χ4n) is 4.27. The van der Waals surface area contributed by atoms with Crippen LogP contribution in [0.25, 0.3) is 0 Å². The zero-order valence-electron chi connectivity index (χ0n) is 16.1. The fraction of sp³-hybridized carbons (Fsp3) is 0.524. The molecular formula is C21H27N3O3. The number of rotatable bonds is 4. The average molecular weight is 369 g/mol. The molecule has 0 bridgehead atoms. The van der Waals surface area contributed by atoms with Crippen molar-refractivity contribution in [2.75, 3.05) is 20.3 Å². The highest BCUT2D eigenvalue weighted by atomic mass is 16.5. The summed E-state index contributed by atoms with van der Waals surface area (Å²) in [6.07, 6.45) is 6.41. The van der Waals surface area contributed by atoms with Crippen LogP contribution in [0.4, 0.5) is 0 Å². The minimum absolute atomic E-state index is 0.0765. The van der Waals surface area contributed by atoms with Crippen molar-refractivity contribution < 1.29 is 14.3 Å². The van der Waals surface area contributed by atoms with Crippen LogP contribution in [0.5, 0.6) is 5.75 Å². The van der Waals surface area contributed by atoms with Gasteiger partial charge in [0.05, 0.1) is 18.9 Å². The second-order valence-electron chi connectivity index (χ2n) is 7.37. The molecule has 3 heterocycles. The smallest absolute Gasteiger partial charge is 0.257 e. The Morgan fingerprint density at radius 3 is 2.81 bits per heavy atom. The first-order valence-electron chi connectivity index (χ1n) is 9.76. The number of methoxy groups -OCH3 is 1. The largest absolute Gasteiger partial charge is 0.497 e. The highest BCUT2D eigenvalue weighted by molar-refractivity contribution is 5.94. The van der Waals surface area contributed by atoms with E-state index in [1.807, 2.05) is 19.2 Å². The molecule has 1 saturated heterocycles. The molecule has 0 saturated carbocycles. The van der Waals surface area contributed by atoms with Crippen molar-refractivity contribution in [1.29, 1.82) is 0 Å². The lowest BCUT2D eigenvalue weighted by Crippen LogP contribution is -2.49. The lowest BCUT2D eigenvalue weighted by Gasteiger charge is -2.42. The predicted molar refractivity (Wildman–Crippen MR) is 102 cm³/mol. The number of aromatic nitrogens is 2. The van der Waals surface area contributed by atoms with Crippen LogP contribution in [0.1, 0.15) is 41.3 Å². The van der Waals surface area contributed by atoms with Crippen LogP contribution < -0.4 is 4.74 Å². The van der Waals surface area contributed by atoms with Crippen LogP contribution in [0, 0.1) is 5.92 Å². The van der Waals surface area contributed by atoms with Gasteiger partial charge in [-0.2, -0.15) is 5.10 Å². The number of benzene rings is 1. The summed E-state index contributed by atoms with van der Waals surface area (Å²) in [4.78, 5) is 15.4. The van der Waals surface area contributed by atoms with E-state index in [0.717, 1.165) is 44.8 Å². The second-order valence-corrected chi connectivity index (χ2v) is 7.37. The molecular weight excluding hydrogens is 342 g/mol. The first-order chi connectivity index (χ1) is 13.2. The van der Waals surface area contributed by atoms with Crippen molar-refractivity contribution in [2.24, 2.45) is 5.92 Å². The highest BCUT2D eigenvalue weighted by Crippen LogP contribution is 2.34. The zero-order chi connectivity index (χ0) is 18.8. The third-order valence-electron chi connectivity index (χ3n) is 5.86. The summed E-state index contributed by atoms with van der Waals surface area (Å²) in [7, 11) is 1.70. The number of nitrogens with zero attached hydrogens (tertiary/aromatic N) is 3. The molecule has 0 radical (unpaired) electrons. The summed E-state index contributed by atoms with van der Waals surface area (Å²) in [6, 6.07) is 6.37. The van der Waals surface area contributed by atoms with Crippen LogP contribution in [0.15, 0.2) is 30.6 Å². The third kappa shape index (κ3) is 3.58. The van der Waals surface area contributed by atoms with E-state index in [2.05, 4.69) is 22.1 Å². The SMILES string of the molecule is CCn1cc(C(=O)N2Cc3ccc(OC)cc3C[C@H]2C2CCOCC2)cn1. The van der Waals surface area contributed by atoms with E-state index in [4.69, 9.17) is 9.47 Å². The Bertz CT molecular complexity index is 811. The summed E-state index contributed by atoms with van der Waals surface area (Å²) in [5, 5.41) is 4.29. The summed E-state index contributed by atoms with van der Waals surface area (Å²) in [5.41, 5.74) is 3.17. The van der Waals surface area contributed by atoms with E-state index < -0.39 is 0 Å². The van der Waals surface area contributed by atoms with E-state index in [-0.39, 0.29) is 11.9 Å². The van der Waals surface area contributed by atoms with Crippen molar-refractivity contribution in [3.63, 3.8) is 0 Å². The number of carbonyl (C=O) groups excluding carboxylic acids is 1. The van der Waals surface area contributed by atoms with E-state index in [1.54, 1.807) is 18.0 Å². The second kappa shape index (κ2) is 7.72. The van der Waals surface area contributed by atoms with E-state index in [0.29, 0.717) is 18.0 Å². The van der Waals surface area contributed by atoms with Crippen molar-refractivity contribution in [3.05, 3.63) is 47.3 Å². The van der Waals surface area contributed by atoms with Gasteiger partial charge in [0.2, 0.25) is 0 Å². The van der Waals surface area contributed by atoms with Gasteiger partial charge in [-0.3, -0.25) is 9.48 Å². The number of fused-ring (bicyclic) bond motifs is 1. The maximum Gasteiger partial charge on any atom is 0.257 e. The molecule has 0 unspecified atom stereocenters. The number of ether oxygens (including phenoxy) is 2. The minimum Gasteiger partial charge on any atom is -0.497 e. The minimum atomic E-state index is 0.0765. The van der Waals surface area contributed by atoms with Crippen LogP contribution in [0.3, 0.4) is 0 Å². The van der Waals surface area contributed by atoms with Gasteiger partial charge < -0.3 is 14.4 Å². The average Bonchev–Trinajstić information content (AvgIpc) is 3.22. The summed E-state index contributed by atoms with van der Waals surface area (Å²) >= 11 is 0. The van der Waals surface area contributed by atoms with Gasteiger partial charge in [-0.05, 0) is 55.4 Å². The molecule has 1 aromatic heterocycles. The maximum atomic E-state index is 13.3. The Hall–Kier alpha value is -2.34. The first kappa shape index (κ1) is 18.0. The third-order valence-corrected chi connectivity index (χ3v) is 5.86. The quantitative estimate of drug-likeness (QED) is 0.832. The number of aryl methyl sites for hydroxylation is 1. The zero-order valence-corrected chi connectivity index (χ0v) is 16.1.